The molecule has 7 nitrogen and oxygen atoms in total. The third-order valence-electron chi connectivity index (χ3n) is 7.69. The number of nitrogens with one attached hydrogen (secondary N) is 1. The summed E-state index contributed by atoms with van der Waals surface area (Å²) >= 11 is 1.46. The van der Waals surface area contributed by atoms with Gasteiger partial charge in [0.05, 0.1) is 12.3 Å². The molecule has 0 radical (unpaired) electrons. The fourth-order valence-electron chi connectivity index (χ4n) is 5.55. The first kappa shape index (κ1) is 29.4. The molecule has 8 heteroatoms. The number of anilines is 1. The van der Waals surface area contributed by atoms with Gasteiger partial charge in [0.1, 0.15) is 28.6 Å². The normalized spacial score (nSPS) is 16.5. The fourth-order valence-corrected chi connectivity index (χ4v) is 6.86. The van der Waals surface area contributed by atoms with E-state index in [-0.39, 0.29) is 6.61 Å². The maximum Gasteiger partial charge on any atom is 0.413 e. The molecule has 0 saturated carbocycles. The molecule has 1 spiro atoms. The molecular formula is C36H35N3O4S. The van der Waals surface area contributed by atoms with Crippen LogP contribution in [0.1, 0.15) is 43.0 Å². The van der Waals surface area contributed by atoms with Crippen LogP contribution in [0.2, 0.25) is 0 Å². The Kier molecular flexibility index (Phi) is 8.61. The summed E-state index contributed by atoms with van der Waals surface area (Å²) in [6.45, 7) is 8.50. The van der Waals surface area contributed by atoms with E-state index in [1.54, 1.807) is 6.92 Å². The fraction of sp³-hybridized carbons (Fsp3) is 0.222. The van der Waals surface area contributed by atoms with Crippen molar-refractivity contribution >= 4 is 40.2 Å². The minimum atomic E-state index is -0.760. The number of amides is 1. The summed E-state index contributed by atoms with van der Waals surface area (Å²) in [6.07, 6.45) is 1.60. The van der Waals surface area contributed by atoms with Crippen molar-refractivity contribution in [1.82, 2.24) is 5.32 Å². The van der Waals surface area contributed by atoms with Gasteiger partial charge in [0.15, 0.2) is 5.17 Å². The number of benzene rings is 4. The summed E-state index contributed by atoms with van der Waals surface area (Å²) in [7, 11) is 0. The molecule has 0 bridgehead atoms. The van der Waals surface area contributed by atoms with E-state index >= 15 is 0 Å². The Morgan fingerprint density at radius 3 is 2.36 bits per heavy atom. The Balaban J connectivity index is 1.49. The van der Waals surface area contributed by atoms with E-state index < -0.39 is 10.8 Å². The maximum atomic E-state index is 12.6. The van der Waals surface area contributed by atoms with Crippen LogP contribution in [-0.4, -0.2) is 31.0 Å². The van der Waals surface area contributed by atoms with Crippen molar-refractivity contribution in [2.24, 2.45) is 4.99 Å². The lowest BCUT2D eigenvalue weighted by molar-refractivity contribution is 0.158. The van der Waals surface area contributed by atoms with Gasteiger partial charge in [-0.05, 0) is 56.7 Å². The average Bonchev–Trinajstić information content (AvgIpc) is 3.05. The maximum absolute atomic E-state index is 12.6. The number of carbonyl (C=O) groups is 1. The second-order valence-corrected chi connectivity index (χ2v) is 11.6. The van der Waals surface area contributed by atoms with Crippen LogP contribution in [-0.2, 0) is 16.1 Å². The molecule has 44 heavy (non-hydrogen) atoms. The Morgan fingerprint density at radius 2 is 1.64 bits per heavy atom. The Hall–Kier alpha value is -4.69. The Morgan fingerprint density at radius 1 is 0.909 bits per heavy atom. The molecule has 0 fully saturated rings. The van der Waals surface area contributed by atoms with Crippen LogP contribution in [0, 0.1) is 0 Å². The topological polar surface area (TPSA) is 72.4 Å². The predicted molar refractivity (Wildman–Crippen MR) is 178 cm³/mol. The van der Waals surface area contributed by atoms with Gasteiger partial charge >= 0.3 is 6.09 Å². The highest BCUT2D eigenvalue weighted by Gasteiger charge is 2.45. The number of carbonyl (C=O) groups excluding carboxylic acids is 1. The minimum absolute atomic E-state index is 0.262. The Bertz CT molecular complexity index is 1700. The highest BCUT2D eigenvalue weighted by atomic mass is 32.2. The molecule has 0 aromatic heterocycles. The monoisotopic (exact) mass is 605 g/mol. The quantitative estimate of drug-likeness (QED) is 0.218. The molecule has 1 amide bonds. The summed E-state index contributed by atoms with van der Waals surface area (Å²) < 4.78 is 17.3. The van der Waals surface area contributed by atoms with Gasteiger partial charge in [-0.1, -0.05) is 78.5 Å². The van der Waals surface area contributed by atoms with Gasteiger partial charge in [0, 0.05) is 41.5 Å². The molecule has 0 saturated heterocycles. The molecule has 0 aliphatic carbocycles. The molecule has 2 aliphatic heterocycles. The largest absolute Gasteiger partial charge is 0.489 e. The first-order valence-electron chi connectivity index (χ1n) is 14.9. The minimum Gasteiger partial charge on any atom is -0.489 e. The van der Waals surface area contributed by atoms with Crippen LogP contribution in [0.25, 0.3) is 5.76 Å². The number of fused-ring (bicyclic) bond motifs is 4. The van der Waals surface area contributed by atoms with E-state index in [2.05, 4.69) is 54.4 Å². The van der Waals surface area contributed by atoms with Crippen LogP contribution in [0.15, 0.2) is 108 Å². The molecular weight excluding hydrogens is 570 g/mol. The first-order chi connectivity index (χ1) is 21.5. The molecule has 1 atom stereocenters. The molecule has 1 N–H and O–H groups in total. The summed E-state index contributed by atoms with van der Waals surface area (Å²) in [5.41, 5.74) is 5.81. The average molecular weight is 606 g/mol. The van der Waals surface area contributed by atoms with Gasteiger partial charge in [0.2, 0.25) is 0 Å². The third-order valence-corrected chi connectivity index (χ3v) is 8.95. The van der Waals surface area contributed by atoms with Gasteiger partial charge in [-0.25, -0.2) is 9.79 Å². The van der Waals surface area contributed by atoms with Gasteiger partial charge in [-0.3, -0.25) is 5.32 Å². The van der Waals surface area contributed by atoms with Crippen molar-refractivity contribution in [3.63, 3.8) is 0 Å². The van der Waals surface area contributed by atoms with Crippen molar-refractivity contribution in [2.75, 3.05) is 24.6 Å². The summed E-state index contributed by atoms with van der Waals surface area (Å²) in [6, 6.07) is 32.5. The number of hydrogen-bond acceptors (Lipinski definition) is 7. The van der Waals surface area contributed by atoms with Crippen LogP contribution >= 0.6 is 11.8 Å². The number of hydrogen-bond donors (Lipinski definition) is 1. The number of rotatable bonds is 8. The van der Waals surface area contributed by atoms with Crippen LogP contribution in [0.3, 0.4) is 0 Å². The zero-order chi connectivity index (χ0) is 30.5. The van der Waals surface area contributed by atoms with Crippen LogP contribution in [0.4, 0.5) is 16.2 Å². The smallest absolute Gasteiger partial charge is 0.413 e. The first-order valence-corrected chi connectivity index (χ1v) is 15.7. The lowest BCUT2D eigenvalue weighted by atomic mass is 9.85. The van der Waals surface area contributed by atoms with Crippen molar-refractivity contribution in [3.8, 4) is 11.5 Å². The van der Waals surface area contributed by atoms with E-state index in [1.807, 2.05) is 72.8 Å². The zero-order valence-corrected chi connectivity index (χ0v) is 25.9. The lowest BCUT2D eigenvalue weighted by Gasteiger charge is -2.40. The predicted octanol–water partition coefficient (Wildman–Crippen LogP) is 8.27. The SMILES string of the molecule is CCOC(=O)NC1=Nc2cc(N(CC)CC)ccc2C2(C=C(c3ccccc3)Oc3cc(OCc4ccccc4)ccc32)S1. The number of nitrogens with zero attached hydrogens (tertiary/aromatic N) is 2. The van der Waals surface area contributed by atoms with E-state index in [4.69, 9.17) is 19.2 Å². The number of aliphatic imine (C=N–C) groups is 1. The second-order valence-electron chi connectivity index (χ2n) is 10.4. The van der Waals surface area contributed by atoms with Gasteiger partial charge in [-0.15, -0.1) is 0 Å². The standard InChI is InChI=1S/C36H35N3O4S/c1-4-39(5-2)27-17-19-29-31(21-27)37-34(38-35(40)41-6-3)44-36(29)23-33(26-15-11-8-12-16-26)43-32-22-28(18-20-30(32)36)42-24-25-13-9-7-10-14-25/h7-23H,4-6,24H2,1-3H3,(H,37,38,40). The second kappa shape index (κ2) is 12.9. The van der Waals surface area contributed by atoms with Crippen LogP contribution in [0.5, 0.6) is 11.5 Å². The van der Waals surface area contributed by atoms with E-state index in [0.717, 1.165) is 46.7 Å². The number of ether oxygens (including phenoxy) is 3. The third kappa shape index (κ3) is 5.90. The van der Waals surface area contributed by atoms with Gasteiger partial charge < -0.3 is 19.1 Å². The summed E-state index contributed by atoms with van der Waals surface area (Å²) in [4.78, 5) is 19.8. The van der Waals surface area contributed by atoms with Crippen molar-refractivity contribution in [2.45, 2.75) is 32.1 Å². The summed E-state index contributed by atoms with van der Waals surface area (Å²) in [5.74, 6) is 2.09. The molecule has 4 aromatic rings. The molecule has 2 heterocycles. The molecule has 224 valence electrons. The van der Waals surface area contributed by atoms with Gasteiger partial charge in [-0.2, -0.15) is 0 Å². The molecule has 1 unspecified atom stereocenters. The van der Waals surface area contributed by atoms with E-state index in [9.17, 15) is 4.79 Å². The van der Waals surface area contributed by atoms with Crippen molar-refractivity contribution in [1.29, 1.82) is 0 Å². The van der Waals surface area contributed by atoms with Crippen molar-refractivity contribution in [3.05, 3.63) is 125 Å². The molecule has 6 rings (SSSR count). The molecule has 4 aromatic carbocycles. The molecule has 2 aliphatic rings. The number of amidine groups is 1. The van der Waals surface area contributed by atoms with Crippen molar-refractivity contribution < 1.29 is 19.0 Å². The van der Waals surface area contributed by atoms with Crippen LogP contribution < -0.4 is 19.7 Å². The Labute approximate surface area is 262 Å². The highest BCUT2D eigenvalue weighted by Crippen LogP contribution is 2.57. The zero-order valence-electron chi connectivity index (χ0n) is 25.1. The van der Waals surface area contributed by atoms with Gasteiger partial charge in [0.25, 0.3) is 0 Å². The highest BCUT2D eigenvalue weighted by molar-refractivity contribution is 8.15. The summed E-state index contributed by atoms with van der Waals surface area (Å²) in [5, 5.41) is 3.34. The van der Waals surface area contributed by atoms with E-state index in [1.165, 1.54) is 11.8 Å². The number of alkyl carbamates (subject to hydrolysis) is 1. The lowest BCUT2D eigenvalue weighted by Crippen LogP contribution is -2.37. The number of thioether (sulfide) groups is 1. The van der Waals surface area contributed by atoms with E-state index in [0.29, 0.717) is 29.0 Å².